The standard InChI is InChI=1S/C27H30N2O5S/c1-4-14-33-23-12-8-20(15-24(23)32-5-2)9-13-27(31)34-17-22-18-35-26(29-22)16-25(30)28-21-10-6-19(3)7-11-21/h6-13,15,18H,4-5,14,16-17H2,1-3H3,(H,28,30)/b13-9+. The summed E-state index contributed by atoms with van der Waals surface area (Å²) in [6, 6.07) is 13.1. The van der Waals surface area contributed by atoms with Gasteiger partial charge in [0.1, 0.15) is 11.6 Å². The molecular weight excluding hydrogens is 464 g/mol. The Hall–Kier alpha value is -3.65. The van der Waals surface area contributed by atoms with Gasteiger partial charge in [0.15, 0.2) is 11.5 Å². The Kier molecular flexibility index (Phi) is 9.86. The first-order valence-electron chi connectivity index (χ1n) is 11.5. The number of amides is 1. The molecule has 0 aliphatic carbocycles. The summed E-state index contributed by atoms with van der Waals surface area (Å²) < 4.78 is 16.6. The number of anilines is 1. The molecule has 0 saturated carbocycles. The lowest BCUT2D eigenvalue weighted by Crippen LogP contribution is -2.14. The van der Waals surface area contributed by atoms with Crippen LogP contribution in [0.5, 0.6) is 11.5 Å². The van der Waals surface area contributed by atoms with Gasteiger partial charge in [-0.05, 0) is 56.2 Å². The smallest absolute Gasteiger partial charge is 0.331 e. The third-order valence-corrected chi connectivity index (χ3v) is 5.65. The van der Waals surface area contributed by atoms with Crippen LogP contribution >= 0.6 is 11.3 Å². The Morgan fingerprint density at radius 1 is 1.06 bits per heavy atom. The number of esters is 1. The average Bonchev–Trinajstić information content (AvgIpc) is 3.29. The zero-order valence-electron chi connectivity index (χ0n) is 20.2. The second-order valence-corrected chi connectivity index (χ2v) is 8.69. The highest BCUT2D eigenvalue weighted by molar-refractivity contribution is 7.09. The summed E-state index contributed by atoms with van der Waals surface area (Å²) in [6.45, 7) is 7.10. The van der Waals surface area contributed by atoms with E-state index in [9.17, 15) is 9.59 Å². The molecule has 1 amide bonds. The van der Waals surface area contributed by atoms with Crippen LogP contribution < -0.4 is 14.8 Å². The highest BCUT2D eigenvalue weighted by atomic mass is 32.1. The molecule has 0 unspecified atom stereocenters. The molecule has 0 aliphatic rings. The van der Waals surface area contributed by atoms with Crippen LogP contribution in [0.3, 0.4) is 0 Å². The number of benzene rings is 2. The Bertz CT molecular complexity index is 1150. The molecule has 1 N–H and O–H groups in total. The van der Waals surface area contributed by atoms with E-state index in [1.807, 2.05) is 63.2 Å². The third-order valence-electron chi connectivity index (χ3n) is 4.75. The number of ether oxygens (including phenoxy) is 3. The Balaban J connectivity index is 1.48. The van der Waals surface area contributed by atoms with Crippen molar-refractivity contribution in [3.8, 4) is 11.5 Å². The lowest BCUT2D eigenvalue weighted by molar-refractivity contribution is -0.139. The molecule has 1 heterocycles. The van der Waals surface area contributed by atoms with E-state index in [0.29, 0.717) is 35.4 Å². The quantitative estimate of drug-likeness (QED) is 0.261. The van der Waals surface area contributed by atoms with Crippen molar-refractivity contribution in [3.63, 3.8) is 0 Å². The van der Waals surface area contributed by atoms with Gasteiger partial charge in [0, 0.05) is 17.1 Å². The number of thiazole rings is 1. The number of nitrogens with zero attached hydrogens (tertiary/aromatic N) is 1. The van der Waals surface area contributed by atoms with Gasteiger partial charge in [0.05, 0.1) is 25.3 Å². The van der Waals surface area contributed by atoms with Gasteiger partial charge in [-0.25, -0.2) is 9.78 Å². The van der Waals surface area contributed by atoms with E-state index in [0.717, 1.165) is 23.2 Å². The van der Waals surface area contributed by atoms with Crippen LogP contribution in [-0.2, 0) is 27.4 Å². The molecule has 35 heavy (non-hydrogen) atoms. The summed E-state index contributed by atoms with van der Waals surface area (Å²) in [4.78, 5) is 28.8. The summed E-state index contributed by atoms with van der Waals surface area (Å²) in [5, 5.41) is 5.30. The second-order valence-electron chi connectivity index (χ2n) is 7.75. The van der Waals surface area contributed by atoms with Gasteiger partial charge >= 0.3 is 5.97 Å². The fourth-order valence-electron chi connectivity index (χ4n) is 3.06. The summed E-state index contributed by atoms with van der Waals surface area (Å²) in [6.07, 6.45) is 4.09. The first-order chi connectivity index (χ1) is 17.0. The molecule has 0 aliphatic heterocycles. The van der Waals surface area contributed by atoms with E-state index < -0.39 is 5.97 Å². The normalized spacial score (nSPS) is 10.8. The predicted molar refractivity (Wildman–Crippen MR) is 138 cm³/mol. The van der Waals surface area contributed by atoms with Crippen LogP contribution in [0.1, 0.15) is 42.1 Å². The SMILES string of the molecule is CCCOc1ccc(/C=C/C(=O)OCc2csc(CC(=O)Nc3ccc(C)cc3)n2)cc1OCC. The number of hydrogen-bond donors (Lipinski definition) is 1. The number of aryl methyl sites for hydroxylation is 1. The number of aromatic nitrogens is 1. The van der Waals surface area contributed by atoms with Gasteiger partial charge in [-0.15, -0.1) is 11.3 Å². The fourth-order valence-corrected chi connectivity index (χ4v) is 3.84. The van der Waals surface area contributed by atoms with Gasteiger partial charge in [0.2, 0.25) is 5.91 Å². The van der Waals surface area contributed by atoms with Gasteiger partial charge in [0.25, 0.3) is 0 Å². The van der Waals surface area contributed by atoms with Crippen molar-refractivity contribution in [1.82, 2.24) is 4.98 Å². The van der Waals surface area contributed by atoms with Crippen molar-refractivity contribution < 1.29 is 23.8 Å². The predicted octanol–water partition coefficient (Wildman–Crippen LogP) is 5.58. The summed E-state index contributed by atoms with van der Waals surface area (Å²) in [7, 11) is 0. The van der Waals surface area contributed by atoms with Crippen LogP contribution in [-0.4, -0.2) is 30.1 Å². The zero-order chi connectivity index (χ0) is 25.0. The molecule has 0 bridgehead atoms. The molecule has 0 fully saturated rings. The van der Waals surface area contributed by atoms with E-state index in [2.05, 4.69) is 10.3 Å². The largest absolute Gasteiger partial charge is 0.490 e. The molecule has 7 nitrogen and oxygen atoms in total. The minimum atomic E-state index is -0.485. The number of nitrogens with one attached hydrogen (secondary N) is 1. The molecule has 0 saturated heterocycles. The van der Waals surface area contributed by atoms with E-state index in [1.54, 1.807) is 11.5 Å². The van der Waals surface area contributed by atoms with Crippen molar-refractivity contribution in [1.29, 1.82) is 0 Å². The molecule has 8 heteroatoms. The van der Waals surface area contributed by atoms with Crippen LogP contribution in [0.15, 0.2) is 53.9 Å². The first-order valence-corrected chi connectivity index (χ1v) is 12.4. The van der Waals surface area contributed by atoms with E-state index in [1.165, 1.54) is 17.4 Å². The minimum Gasteiger partial charge on any atom is -0.490 e. The van der Waals surface area contributed by atoms with Crippen LogP contribution in [0.4, 0.5) is 5.69 Å². The highest BCUT2D eigenvalue weighted by Crippen LogP contribution is 2.29. The number of carbonyl (C=O) groups excluding carboxylic acids is 2. The van der Waals surface area contributed by atoms with Crippen molar-refractivity contribution >= 4 is 35.0 Å². The zero-order valence-corrected chi connectivity index (χ0v) is 21.0. The molecule has 0 radical (unpaired) electrons. The molecule has 184 valence electrons. The highest BCUT2D eigenvalue weighted by Gasteiger charge is 2.10. The monoisotopic (exact) mass is 494 g/mol. The first kappa shape index (κ1) is 26.0. The molecular formula is C27H30N2O5S. The van der Waals surface area contributed by atoms with Gasteiger partial charge in [-0.3, -0.25) is 4.79 Å². The van der Waals surface area contributed by atoms with Crippen molar-refractivity contribution in [2.75, 3.05) is 18.5 Å². The number of rotatable bonds is 12. The molecule has 1 aromatic heterocycles. The molecule has 3 aromatic rings. The third kappa shape index (κ3) is 8.57. The van der Waals surface area contributed by atoms with Crippen LogP contribution in [0.2, 0.25) is 0 Å². The average molecular weight is 495 g/mol. The Morgan fingerprint density at radius 2 is 1.86 bits per heavy atom. The summed E-state index contributed by atoms with van der Waals surface area (Å²) in [5.41, 5.74) is 3.27. The maximum absolute atomic E-state index is 12.2. The van der Waals surface area contributed by atoms with Crippen molar-refractivity contribution in [3.05, 3.63) is 75.7 Å². The molecule has 0 spiro atoms. The fraction of sp³-hybridized carbons (Fsp3) is 0.296. The molecule has 3 rings (SSSR count). The summed E-state index contributed by atoms with van der Waals surface area (Å²) >= 11 is 1.36. The topological polar surface area (TPSA) is 86.8 Å². The lowest BCUT2D eigenvalue weighted by atomic mass is 10.2. The van der Waals surface area contributed by atoms with Crippen LogP contribution in [0, 0.1) is 6.92 Å². The van der Waals surface area contributed by atoms with E-state index in [-0.39, 0.29) is 18.9 Å². The van der Waals surface area contributed by atoms with Gasteiger partial charge in [-0.1, -0.05) is 30.7 Å². The summed E-state index contributed by atoms with van der Waals surface area (Å²) in [5.74, 6) is 0.686. The van der Waals surface area contributed by atoms with Crippen molar-refractivity contribution in [2.45, 2.75) is 40.2 Å². The minimum absolute atomic E-state index is 0.0350. The van der Waals surface area contributed by atoms with Crippen LogP contribution in [0.25, 0.3) is 6.08 Å². The van der Waals surface area contributed by atoms with Crippen molar-refractivity contribution in [2.24, 2.45) is 0 Å². The Labute approximate surface area is 209 Å². The van der Waals surface area contributed by atoms with E-state index in [4.69, 9.17) is 14.2 Å². The second kappa shape index (κ2) is 13.3. The molecule has 2 aromatic carbocycles. The Morgan fingerprint density at radius 3 is 2.60 bits per heavy atom. The van der Waals surface area contributed by atoms with E-state index >= 15 is 0 Å². The van der Waals surface area contributed by atoms with Gasteiger partial charge < -0.3 is 19.5 Å². The number of carbonyl (C=O) groups is 2. The maximum atomic E-state index is 12.2. The van der Waals surface area contributed by atoms with Gasteiger partial charge in [-0.2, -0.15) is 0 Å². The number of hydrogen-bond acceptors (Lipinski definition) is 7. The lowest BCUT2D eigenvalue weighted by Gasteiger charge is -2.12. The maximum Gasteiger partial charge on any atom is 0.331 e. The molecule has 0 atom stereocenters.